The molecule has 128 valence electrons. The van der Waals surface area contributed by atoms with E-state index in [1.54, 1.807) is 23.0 Å². The fourth-order valence-corrected chi connectivity index (χ4v) is 3.54. The minimum Gasteiger partial charge on any atom is -0.349 e. The van der Waals surface area contributed by atoms with Crippen molar-refractivity contribution in [2.24, 2.45) is 13.0 Å². The molecule has 0 saturated heterocycles. The number of nitrogens with one attached hydrogen (secondary N) is 1. The minimum absolute atomic E-state index is 0.0190. The third-order valence-corrected chi connectivity index (χ3v) is 4.82. The molecule has 1 aromatic heterocycles. The number of nitrogens with zero attached hydrogens (tertiary/aromatic N) is 2. The second-order valence-corrected chi connectivity index (χ2v) is 6.66. The average Bonchev–Trinajstić information content (AvgIpc) is 3.23. The monoisotopic (exact) mass is 329 g/mol. The SMILES string of the molecule is Cn1cc(CCC(=O)N[C@H](c2ccc(F)cc2)C2CCCC2)cn1. The van der Waals surface area contributed by atoms with Crippen molar-refractivity contribution in [1.29, 1.82) is 0 Å². The van der Waals surface area contributed by atoms with Gasteiger partial charge in [0.25, 0.3) is 0 Å². The summed E-state index contributed by atoms with van der Waals surface area (Å²) in [6, 6.07) is 6.51. The van der Waals surface area contributed by atoms with Gasteiger partial charge in [0.05, 0.1) is 12.2 Å². The first-order valence-corrected chi connectivity index (χ1v) is 8.64. The van der Waals surface area contributed by atoms with Crippen LogP contribution in [0.5, 0.6) is 0 Å². The lowest BCUT2D eigenvalue weighted by Crippen LogP contribution is -2.32. The number of halogens is 1. The quantitative estimate of drug-likeness (QED) is 0.881. The Hall–Kier alpha value is -2.17. The number of rotatable bonds is 6. The molecule has 0 aliphatic heterocycles. The lowest BCUT2D eigenvalue weighted by atomic mass is 9.91. The highest BCUT2D eigenvalue weighted by atomic mass is 19.1. The maximum atomic E-state index is 13.2. The minimum atomic E-state index is -0.244. The summed E-state index contributed by atoms with van der Waals surface area (Å²) in [5.74, 6) is 0.240. The van der Waals surface area contributed by atoms with Gasteiger partial charge in [0.15, 0.2) is 0 Å². The Labute approximate surface area is 142 Å². The average molecular weight is 329 g/mol. The van der Waals surface area contributed by atoms with Crippen molar-refractivity contribution < 1.29 is 9.18 Å². The van der Waals surface area contributed by atoms with Gasteiger partial charge >= 0.3 is 0 Å². The third-order valence-electron chi connectivity index (χ3n) is 4.82. The van der Waals surface area contributed by atoms with E-state index in [9.17, 15) is 9.18 Å². The lowest BCUT2D eigenvalue weighted by Gasteiger charge is -2.25. The van der Waals surface area contributed by atoms with Crippen molar-refractivity contribution in [3.8, 4) is 0 Å². The van der Waals surface area contributed by atoms with Crippen LogP contribution in [0.2, 0.25) is 0 Å². The molecule has 2 aromatic rings. The van der Waals surface area contributed by atoms with Crippen LogP contribution >= 0.6 is 0 Å². The maximum absolute atomic E-state index is 13.2. The first kappa shape index (κ1) is 16.7. The predicted molar refractivity (Wildman–Crippen MR) is 90.8 cm³/mol. The number of hydrogen-bond acceptors (Lipinski definition) is 2. The fourth-order valence-electron chi connectivity index (χ4n) is 3.54. The van der Waals surface area contributed by atoms with Gasteiger partial charge in [0.2, 0.25) is 5.91 Å². The summed E-state index contributed by atoms with van der Waals surface area (Å²) in [6.45, 7) is 0. The largest absolute Gasteiger partial charge is 0.349 e. The molecule has 1 aliphatic carbocycles. The Bertz CT molecular complexity index is 674. The van der Waals surface area contributed by atoms with Gasteiger partial charge in [-0.15, -0.1) is 0 Å². The molecule has 1 atom stereocenters. The van der Waals surface area contributed by atoms with Gasteiger partial charge in [0.1, 0.15) is 5.82 Å². The summed E-state index contributed by atoms with van der Waals surface area (Å²) >= 11 is 0. The molecule has 24 heavy (non-hydrogen) atoms. The van der Waals surface area contributed by atoms with Crippen molar-refractivity contribution in [2.75, 3.05) is 0 Å². The van der Waals surface area contributed by atoms with E-state index in [4.69, 9.17) is 0 Å². The fraction of sp³-hybridized carbons (Fsp3) is 0.474. The number of carbonyl (C=O) groups is 1. The first-order chi connectivity index (χ1) is 11.6. The molecule has 4 nitrogen and oxygen atoms in total. The van der Waals surface area contributed by atoms with Crippen LogP contribution < -0.4 is 5.32 Å². The predicted octanol–water partition coefficient (Wildman–Crippen LogP) is 3.54. The van der Waals surface area contributed by atoms with Crippen LogP contribution in [0.25, 0.3) is 0 Å². The van der Waals surface area contributed by atoms with Crippen molar-refractivity contribution in [3.05, 3.63) is 53.6 Å². The van der Waals surface area contributed by atoms with Crippen LogP contribution in [0.4, 0.5) is 4.39 Å². The number of carbonyl (C=O) groups excluding carboxylic acids is 1. The molecule has 1 saturated carbocycles. The van der Waals surface area contributed by atoms with E-state index in [1.165, 1.54) is 25.0 Å². The molecule has 1 aromatic carbocycles. The Morgan fingerprint density at radius 2 is 2.04 bits per heavy atom. The molecule has 3 rings (SSSR count). The van der Waals surface area contributed by atoms with Gasteiger partial charge in [-0.1, -0.05) is 25.0 Å². The van der Waals surface area contributed by atoms with Crippen molar-refractivity contribution in [1.82, 2.24) is 15.1 Å². The molecule has 1 heterocycles. The third kappa shape index (κ3) is 4.22. The molecule has 1 N–H and O–H groups in total. The number of aromatic nitrogens is 2. The second-order valence-electron chi connectivity index (χ2n) is 6.66. The molecular weight excluding hydrogens is 305 g/mol. The number of benzene rings is 1. The molecule has 1 fully saturated rings. The van der Waals surface area contributed by atoms with Crippen LogP contribution in [-0.2, 0) is 18.3 Å². The zero-order valence-electron chi connectivity index (χ0n) is 14.0. The van der Waals surface area contributed by atoms with Crippen LogP contribution in [0, 0.1) is 11.7 Å². The van der Waals surface area contributed by atoms with Crippen LogP contribution in [-0.4, -0.2) is 15.7 Å². The Kier molecular flexibility index (Phi) is 5.28. The lowest BCUT2D eigenvalue weighted by molar-refractivity contribution is -0.122. The molecular formula is C19H24FN3O. The highest BCUT2D eigenvalue weighted by Gasteiger charge is 2.27. The smallest absolute Gasteiger partial charge is 0.220 e. The second kappa shape index (κ2) is 7.60. The van der Waals surface area contributed by atoms with E-state index in [1.807, 2.05) is 13.2 Å². The van der Waals surface area contributed by atoms with Crippen LogP contribution in [0.1, 0.15) is 49.3 Å². The zero-order valence-corrected chi connectivity index (χ0v) is 14.0. The molecule has 1 aliphatic rings. The molecule has 0 bridgehead atoms. The molecule has 5 heteroatoms. The van der Waals surface area contributed by atoms with Gasteiger partial charge in [-0.3, -0.25) is 9.48 Å². The van der Waals surface area contributed by atoms with E-state index in [0.29, 0.717) is 18.8 Å². The number of aryl methyl sites for hydroxylation is 2. The van der Waals surface area contributed by atoms with Crippen LogP contribution in [0.3, 0.4) is 0 Å². The summed E-state index contributed by atoms with van der Waals surface area (Å²) in [5.41, 5.74) is 2.06. The topological polar surface area (TPSA) is 46.9 Å². The van der Waals surface area contributed by atoms with Crippen molar-refractivity contribution in [3.63, 3.8) is 0 Å². The van der Waals surface area contributed by atoms with Crippen molar-refractivity contribution in [2.45, 2.75) is 44.6 Å². The summed E-state index contributed by atoms with van der Waals surface area (Å²) in [5, 5.41) is 7.31. The summed E-state index contributed by atoms with van der Waals surface area (Å²) < 4.78 is 14.9. The van der Waals surface area contributed by atoms with E-state index in [-0.39, 0.29) is 17.8 Å². The highest BCUT2D eigenvalue weighted by molar-refractivity contribution is 5.76. The van der Waals surface area contributed by atoms with E-state index >= 15 is 0 Å². The van der Waals surface area contributed by atoms with Gasteiger partial charge in [0, 0.05) is 19.7 Å². The zero-order chi connectivity index (χ0) is 16.9. The van der Waals surface area contributed by atoms with Gasteiger partial charge in [-0.05, 0) is 48.4 Å². The summed E-state index contributed by atoms with van der Waals surface area (Å²) in [7, 11) is 1.87. The Morgan fingerprint density at radius 1 is 1.33 bits per heavy atom. The summed E-state index contributed by atoms with van der Waals surface area (Å²) in [4.78, 5) is 12.4. The number of amides is 1. The van der Waals surface area contributed by atoms with Crippen molar-refractivity contribution >= 4 is 5.91 Å². The normalized spacial score (nSPS) is 16.2. The molecule has 1 amide bonds. The Balaban J connectivity index is 1.64. The van der Waals surface area contributed by atoms with E-state index in [2.05, 4.69) is 10.4 Å². The van der Waals surface area contributed by atoms with Gasteiger partial charge in [-0.25, -0.2) is 4.39 Å². The maximum Gasteiger partial charge on any atom is 0.220 e. The standard InChI is InChI=1S/C19H24FN3O/c1-23-13-14(12-21-23)6-11-18(24)22-19(15-4-2-3-5-15)16-7-9-17(20)10-8-16/h7-10,12-13,15,19H,2-6,11H2,1H3,(H,22,24)/t19-/m0/s1. The number of hydrogen-bond donors (Lipinski definition) is 1. The van der Waals surface area contributed by atoms with Gasteiger partial charge in [-0.2, -0.15) is 5.10 Å². The molecule has 0 spiro atoms. The Morgan fingerprint density at radius 3 is 2.67 bits per heavy atom. The highest BCUT2D eigenvalue weighted by Crippen LogP contribution is 2.35. The molecule has 0 radical (unpaired) electrons. The van der Waals surface area contributed by atoms with E-state index < -0.39 is 0 Å². The van der Waals surface area contributed by atoms with E-state index in [0.717, 1.165) is 24.0 Å². The molecule has 0 unspecified atom stereocenters. The summed E-state index contributed by atoms with van der Waals surface area (Å²) in [6.07, 6.45) is 9.48. The first-order valence-electron chi connectivity index (χ1n) is 8.64. The van der Waals surface area contributed by atoms with Crippen LogP contribution in [0.15, 0.2) is 36.7 Å². The van der Waals surface area contributed by atoms with Gasteiger partial charge < -0.3 is 5.32 Å².